The summed E-state index contributed by atoms with van der Waals surface area (Å²) in [6, 6.07) is 4.36. The van der Waals surface area contributed by atoms with Gasteiger partial charge in [-0.15, -0.1) is 0 Å². The van der Waals surface area contributed by atoms with Gasteiger partial charge in [0.25, 0.3) is 5.91 Å². The van der Waals surface area contributed by atoms with Gasteiger partial charge in [-0.2, -0.15) is 13.2 Å². The van der Waals surface area contributed by atoms with Crippen LogP contribution in [0.5, 0.6) is 0 Å². The molecule has 2 fully saturated rings. The Labute approximate surface area is 218 Å². The van der Waals surface area contributed by atoms with Crippen LogP contribution >= 0.6 is 0 Å². The third kappa shape index (κ3) is 7.20. The molecule has 2 aromatic rings. The Morgan fingerprint density at radius 2 is 1.84 bits per heavy atom. The van der Waals surface area contributed by atoms with E-state index in [1.165, 1.54) is 25.2 Å². The van der Waals surface area contributed by atoms with Crippen molar-refractivity contribution in [3.63, 3.8) is 0 Å². The summed E-state index contributed by atoms with van der Waals surface area (Å²) in [5.74, 6) is -2.17. The van der Waals surface area contributed by atoms with Crippen molar-refractivity contribution < 1.29 is 31.9 Å². The van der Waals surface area contributed by atoms with Gasteiger partial charge in [0.15, 0.2) is 0 Å². The van der Waals surface area contributed by atoms with Crippen LogP contribution in [0.2, 0.25) is 0 Å². The van der Waals surface area contributed by atoms with Crippen LogP contribution in [0.3, 0.4) is 0 Å². The molecule has 0 spiro atoms. The predicted octanol–water partition coefficient (Wildman–Crippen LogP) is 4.58. The summed E-state index contributed by atoms with van der Waals surface area (Å²) in [6.45, 7) is 1.98. The molecule has 4 rings (SSSR count). The van der Waals surface area contributed by atoms with E-state index >= 15 is 0 Å². The molecule has 4 amide bonds. The van der Waals surface area contributed by atoms with E-state index in [1.807, 2.05) is 24.4 Å². The van der Waals surface area contributed by atoms with Crippen LogP contribution in [0.1, 0.15) is 44.1 Å². The topological polar surface area (TPSA) is 109 Å². The number of anilines is 2. The van der Waals surface area contributed by atoms with E-state index in [0.29, 0.717) is 36.4 Å². The molecular formula is C26H31F4N5O3. The number of hydrogen-bond acceptors (Lipinski definition) is 5. The number of carbonyl (C=O) groups excluding carboxylic acids is 3. The van der Waals surface area contributed by atoms with Gasteiger partial charge in [-0.05, 0) is 61.6 Å². The number of imide groups is 1. The van der Waals surface area contributed by atoms with Gasteiger partial charge in [-0.3, -0.25) is 14.5 Å². The smallest absolute Gasteiger partial charge is 0.384 e. The third-order valence-corrected chi connectivity index (χ3v) is 6.67. The second-order valence-corrected chi connectivity index (χ2v) is 9.49. The van der Waals surface area contributed by atoms with Crippen LogP contribution in [0.4, 0.5) is 33.9 Å². The van der Waals surface area contributed by atoms with E-state index < -0.39 is 47.8 Å². The molecule has 8 nitrogen and oxygen atoms in total. The molecule has 3 N–H and O–H groups in total. The number of β-lactam (4-membered cyclic amide) rings is 1. The predicted molar refractivity (Wildman–Crippen MR) is 133 cm³/mol. The van der Waals surface area contributed by atoms with Crippen molar-refractivity contribution in [2.45, 2.75) is 63.7 Å². The number of carbonyl (C=O) groups is 3. The zero-order valence-corrected chi connectivity index (χ0v) is 21.2. The molecule has 38 heavy (non-hydrogen) atoms. The number of alkyl halides is 3. The Kier molecular flexibility index (Phi) is 9.29. The molecule has 1 aliphatic heterocycles. The number of aromatic nitrogens is 1. The maximum atomic E-state index is 13.6. The molecular weight excluding hydrogens is 506 g/mol. The summed E-state index contributed by atoms with van der Waals surface area (Å²) in [5.41, 5.74) is 6.70. The number of nitrogens with two attached hydrogens (primary N) is 1. The lowest BCUT2D eigenvalue weighted by Crippen LogP contribution is -2.66. The monoisotopic (exact) mass is 537 g/mol. The van der Waals surface area contributed by atoms with Crippen LogP contribution in [0, 0.1) is 18.7 Å². The van der Waals surface area contributed by atoms with Gasteiger partial charge in [0.1, 0.15) is 23.7 Å². The number of pyridine rings is 1. The second kappa shape index (κ2) is 12.2. The van der Waals surface area contributed by atoms with Gasteiger partial charge in [0.05, 0.1) is 6.42 Å². The minimum absolute atomic E-state index is 0.204. The van der Waals surface area contributed by atoms with Crippen LogP contribution in [0.25, 0.3) is 0 Å². The molecule has 1 saturated carbocycles. The Balaban J connectivity index is 0.000000427. The minimum Gasteiger partial charge on any atom is -0.384 e. The summed E-state index contributed by atoms with van der Waals surface area (Å²) in [6.07, 6.45) is -0.445. The van der Waals surface area contributed by atoms with Gasteiger partial charge >= 0.3 is 12.2 Å². The molecule has 0 bridgehead atoms. The van der Waals surface area contributed by atoms with Crippen molar-refractivity contribution in [2.24, 2.45) is 5.92 Å². The molecule has 1 aromatic carbocycles. The quantitative estimate of drug-likeness (QED) is 0.438. The lowest BCUT2D eigenvalue weighted by atomic mass is 9.83. The largest absolute Gasteiger partial charge is 0.408 e. The number of amides is 4. The van der Waals surface area contributed by atoms with Crippen LogP contribution in [-0.2, 0) is 9.59 Å². The van der Waals surface area contributed by atoms with Gasteiger partial charge in [-0.25, -0.2) is 14.2 Å². The fourth-order valence-corrected chi connectivity index (χ4v) is 4.60. The lowest BCUT2D eigenvalue weighted by Gasteiger charge is -2.41. The molecule has 1 saturated heterocycles. The molecule has 12 heteroatoms. The summed E-state index contributed by atoms with van der Waals surface area (Å²) >= 11 is 0. The number of halogens is 4. The average Bonchev–Trinajstić information content (AvgIpc) is 2.85. The van der Waals surface area contributed by atoms with Crippen LogP contribution in [-0.4, -0.2) is 53.0 Å². The number of benzene rings is 1. The second-order valence-electron chi connectivity index (χ2n) is 9.49. The molecule has 1 aliphatic carbocycles. The molecule has 0 radical (unpaired) electrons. The summed E-state index contributed by atoms with van der Waals surface area (Å²) < 4.78 is 54.1. The fourth-order valence-electron chi connectivity index (χ4n) is 4.60. The summed E-state index contributed by atoms with van der Waals surface area (Å²) in [5, 5.41) is 1.94. The van der Waals surface area contributed by atoms with E-state index in [4.69, 9.17) is 5.73 Å². The Morgan fingerprint density at radius 3 is 2.37 bits per heavy atom. The van der Waals surface area contributed by atoms with Gasteiger partial charge in [-0.1, -0.05) is 25.3 Å². The standard InChI is InChI=1S/C20H23F4N3O3.C6H8N2/c1-26(14-9-5-8-13(21)10-14)18(29)15-11-16(28)27(15)19(30)25-17(20(22,23)24)12-6-3-2-4-7-12;1-5-2-3-8-6(7)4-5/h5,8-10,12,15,17H,2-4,6-7,11H2,1H3,(H,25,30);2-4H,1H3,(H2,7,8). The number of nitrogen functional groups attached to an aromatic ring is 1. The molecule has 2 heterocycles. The minimum atomic E-state index is -4.66. The lowest BCUT2D eigenvalue weighted by molar-refractivity contribution is -0.169. The number of hydrogen-bond donors (Lipinski definition) is 2. The van der Waals surface area contributed by atoms with Crippen LogP contribution in [0.15, 0.2) is 42.6 Å². The Hall–Kier alpha value is -3.70. The summed E-state index contributed by atoms with van der Waals surface area (Å²) in [7, 11) is 1.34. The highest BCUT2D eigenvalue weighted by Crippen LogP contribution is 2.35. The molecule has 2 unspecified atom stereocenters. The number of rotatable bonds is 4. The first-order chi connectivity index (χ1) is 17.9. The maximum absolute atomic E-state index is 13.6. The zero-order chi connectivity index (χ0) is 28.0. The number of likely N-dealkylation sites (tertiary alicyclic amines) is 1. The highest BCUT2D eigenvalue weighted by molar-refractivity contribution is 6.11. The average molecular weight is 538 g/mol. The highest BCUT2D eigenvalue weighted by atomic mass is 19.4. The number of aryl methyl sites for hydroxylation is 1. The first-order valence-corrected chi connectivity index (χ1v) is 12.3. The van der Waals surface area contributed by atoms with E-state index in [1.54, 1.807) is 6.20 Å². The molecule has 2 aliphatic rings. The van der Waals surface area contributed by atoms with Crippen molar-refractivity contribution in [1.82, 2.24) is 15.2 Å². The van der Waals surface area contributed by atoms with E-state index in [2.05, 4.69) is 4.98 Å². The highest BCUT2D eigenvalue weighted by Gasteiger charge is 2.51. The maximum Gasteiger partial charge on any atom is 0.408 e. The molecule has 206 valence electrons. The Morgan fingerprint density at radius 1 is 1.16 bits per heavy atom. The van der Waals surface area contributed by atoms with Crippen molar-refractivity contribution in [3.8, 4) is 0 Å². The fraction of sp³-hybridized carbons (Fsp3) is 0.462. The third-order valence-electron chi connectivity index (χ3n) is 6.67. The van der Waals surface area contributed by atoms with Crippen molar-refractivity contribution >= 4 is 29.4 Å². The van der Waals surface area contributed by atoms with Gasteiger partial charge in [0, 0.05) is 18.9 Å². The number of nitrogens with zero attached hydrogens (tertiary/aromatic N) is 3. The van der Waals surface area contributed by atoms with Gasteiger partial charge < -0.3 is 16.0 Å². The van der Waals surface area contributed by atoms with E-state index in [9.17, 15) is 31.9 Å². The van der Waals surface area contributed by atoms with Crippen molar-refractivity contribution in [3.05, 3.63) is 54.0 Å². The van der Waals surface area contributed by atoms with Gasteiger partial charge in [0.2, 0.25) is 5.91 Å². The Bertz CT molecular complexity index is 1140. The molecule has 2 atom stereocenters. The van der Waals surface area contributed by atoms with E-state index in [-0.39, 0.29) is 12.1 Å². The zero-order valence-electron chi connectivity index (χ0n) is 21.2. The van der Waals surface area contributed by atoms with Crippen LogP contribution < -0.4 is 16.0 Å². The number of urea groups is 1. The van der Waals surface area contributed by atoms with Crippen molar-refractivity contribution in [2.75, 3.05) is 17.7 Å². The van der Waals surface area contributed by atoms with Crippen molar-refractivity contribution in [1.29, 1.82) is 0 Å². The summed E-state index contributed by atoms with van der Waals surface area (Å²) in [4.78, 5) is 42.6. The van der Waals surface area contributed by atoms with E-state index in [0.717, 1.165) is 23.0 Å². The first-order valence-electron chi connectivity index (χ1n) is 12.3. The molecule has 1 aromatic heterocycles. The number of likely N-dealkylation sites (N-methyl/N-ethyl adjacent to an activating group) is 1. The number of nitrogens with one attached hydrogen (secondary N) is 1. The normalized spacial score (nSPS) is 18.5. The SMILES string of the molecule is CN(C(=O)C1CC(=O)N1C(=O)NC(C1CCCCC1)C(F)(F)F)c1cccc(F)c1.Cc1ccnc(N)c1. The first kappa shape index (κ1) is 28.9.